The van der Waals surface area contributed by atoms with Gasteiger partial charge >= 0.3 is 0 Å². The Balaban J connectivity index is 1.95. The van der Waals surface area contributed by atoms with Gasteiger partial charge in [-0.2, -0.15) is 0 Å². The van der Waals surface area contributed by atoms with Crippen molar-refractivity contribution in [1.82, 2.24) is 10.2 Å². The van der Waals surface area contributed by atoms with Crippen LogP contribution in [0.2, 0.25) is 0 Å². The third-order valence-electron chi connectivity index (χ3n) is 3.55. The molecule has 0 spiro atoms. The van der Waals surface area contributed by atoms with E-state index in [1.54, 1.807) is 0 Å². The molecule has 1 N–H and O–H groups in total. The van der Waals surface area contributed by atoms with Crippen LogP contribution in [-0.4, -0.2) is 48.1 Å². The van der Waals surface area contributed by atoms with Crippen molar-refractivity contribution in [2.24, 2.45) is 5.92 Å². The summed E-state index contributed by atoms with van der Waals surface area (Å²) in [6, 6.07) is 0.0299. The number of nitrogens with one attached hydrogen (secondary N) is 1. The molecular formula is C13H22N2O3. The summed E-state index contributed by atoms with van der Waals surface area (Å²) >= 11 is 0. The van der Waals surface area contributed by atoms with E-state index in [-0.39, 0.29) is 36.0 Å². The van der Waals surface area contributed by atoms with Gasteiger partial charge in [0.1, 0.15) is 6.61 Å². The highest BCUT2D eigenvalue weighted by Crippen LogP contribution is 2.27. The number of hydrogen-bond donors (Lipinski definition) is 1. The van der Waals surface area contributed by atoms with Crippen molar-refractivity contribution in [2.45, 2.75) is 45.3 Å². The summed E-state index contributed by atoms with van der Waals surface area (Å²) in [4.78, 5) is 25.6. The van der Waals surface area contributed by atoms with Gasteiger partial charge in [0, 0.05) is 13.1 Å². The van der Waals surface area contributed by atoms with Gasteiger partial charge < -0.3 is 15.0 Å². The molecule has 2 aliphatic rings. The third-order valence-corrected chi connectivity index (χ3v) is 3.55. The van der Waals surface area contributed by atoms with Crippen LogP contribution >= 0.6 is 0 Å². The molecule has 2 aliphatic heterocycles. The summed E-state index contributed by atoms with van der Waals surface area (Å²) in [7, 11) is 0. The molecule has 0 saturated carbocycles. The number of rotatable bonds is 2. The van der Waals surface area contributed by atoms with Crippen LogP contribution in [0.25, 0.3) is 0 Å². The number of carbonyl (C=O) groups excluding carboxylic acids is 2. The highest BCUT2D eigenvalue weighted by atomic mass is 16.5. The molecule has 2 rings (SSSR count). The number of likely N-dealkylation sites (tertiary alicyclic amines) is 1. The Hall–Kier alpha value is -1.10. The lowest BCUT2D eigenvalue weighted by Gasteiger charge is -2.36. The molecule has 0 aromatic carbocycles. The van der Waals surface area contributed by atoms with Crippen molar-refractivity contribution in [1.29, 1.82) is 0 Å². The van der Waals surface area contributed by atoms with Gasteiger partial charge in [-0.25, -0.2) is 0 Å². The molecule has 102 valence electrons. The summed E-state index contributed by atoms with van der Waals surface area (Å²) in [5, 5.41) is 2.85. The zero-order valence-corrected chi connectivity index (χ0v) is 11.4. The minimum Gasteiger partial charge on any atom is -0.366 e. The minimum atomic E-state index is -0.311. The molecule has 2 saturated heterocycles. The fourth-order valence-electron chi connectivity index (χ4n) is 2.62. The lowest BCUT2D eigenvalue weighted by molar-refractivity contribution is -0.146. The smallest absolute Gasteiger partial charge is 0.248 e. The number of hydrogen-bond acceptors (Lipinski definition) is 3. The molecular weight excluding hydrogens is 232 g/mol. The van der Waals surface area contributed by atoms with Crippen molar-refractivity contribution in [3.63, 3.8) is 0 Å². The van der Waals surface area contributed by atoms with E-state index in [9.17, 15) is 9.59 Å². The van der Waals surface area contributed by atoms with E-state index in [0.717, 1.165) is 19.4 Å². The van der Waals surface area contributed by atoms with Crippen LogP contribution in [-0.2, 0) is 14.3 Å². The zero-order valence-electron chi connectivity index (χ0n) is 11.4. The number of carbonyl (C=O) groups is 2. The second kappa shape index (κ2) is 4.88. The quantitative estimate of drug-likeness (QED) is 0.782. The van der Waals surface area contributed by atoms with Gasteiger partial charge in [-0.15, -0.1) is 0 Å². The largest absolute Gasteiger partial charge is 0.366 e. The standard InChI is InChI=1S/C13H22N2O3/c1-13(2,3)18-8-11(16)15-6-4-5-9-10(15)7-14-12(9)17/h9-10H,4-8H2,1-3H3,(H,14,17). The first-order valence-corrected chi connectivity index (χ1v) is 6.59. The fourth-order valence-corrected chi connectivity index (χ4v) is 2.62. The van der Waals surface area contributed by atoms with Crippen LogP contribution < -0.4 is 5.32 Å². The van der Waals surface area contributed by atoms with Crippen molar-refractivity contribution in [3.05, 3.63) is 0 Å². The van der Waals surface area contributed by atoms with Gasteiger partial charge in [0.05, 0.1) is 17.6 Å². The minimum absolute atomic E-state index is 0.00359. The van der Waals surface area contributed by atoms with Crippen LogP contribution in [0.5, 0.6) is 0 Å². The summed E-state index contributed by atoms with van der Waals surface area (Å²) in [6.07, 6.45) is 1.79. The van der Waals surface area contributed by atoms with Crippen LogP contribution in [0.15, 0.2) is 0 Å². The van der Waals surface area contributed by atoms with Crippen LogP contribution in [0, 0.1) is 5.92 Å². The molecule has 18 heavy (non-hydrogen) atoms. The molecule has 2 fully saturated rings. The summed E-state index contributed by atoms with van der Waals surface area (Å²) < 4.78 is 5.52. The monoisotopic (exact) mass is 254 g/mol. The molecule has 0 bridgehead atoms. The van der Waals surface area contributed by atoms with E-state index < -0.39 is 0 Å². The fraction of sp³-hybridized carbons (Fsp3) is 0.846. The number of fused-ring (bicyclic) bond motifs is 1. The van der Waals surface area contributed by atoms with E-state index in [4.69, 9.17) is 4.74 Å². The SMILES string of the molecule is CC(C)(C)OCC(=O)N1CCCC2C(=O)NCC21. The molecule has 2 unspecified atom stereocenters. The highest BCUT2D eigenvalue weighted by molar-refractivity contribution is 5.85. The van der Waals surface area contributed by atoms with Gasteiger partial charge in [-0.3, -0.25) is 9.59 Å². The molecule has 0 aromatic rings. The van der Waals surface area contributed by atoms with Crippen LogP contribution in [0.3, 0.4) is 0 Å². The Kier molecular flexibility index (Phi) is 3.61. The number of amides is 2. The van der Waals surface area contributed by atoms with Crippen molar-refractivity contribution >= 4 is 11.8 Å². The van der Waals surface area contributed by atoms with E-state index in [1.165, 1.54) is 0 Å². The molecule has 0 radical (unpaired) electrons. The summed E-state index contributed by atoms with van der Waals surface area (Å²) in [5.41, 5.74) is -0.311. The van der Waals surface area contributed by atoms with E-state index in [1.807, 2.05) is 25.7 Å². The van der Waals surface area contributed by atoms with Gasteiger partial charge in [0.25, 0.3) is 0 Å². The normalized spacial score (nSPS) is 27.9. The molecule has 0 aliphatic carbocycles. The Morgan fingerprint density at radius 3 is 2.89 bits per heavy atom. The average molecular weight is 254 g/mol. The number of piperidine rings is 1. The molecule has 0 aromatic heterocycles. The summed E-state index contributed by atoms with van der Waals surface area (Å²) in [6.45, 7) is 7.22. The van der Waals surface area contributed by atoms with Crippen molar-refractivity contribution < 1.29 is 14.3 Å². The van der Waals surface area contributed by atoms with Gasteiger partial charge in [0.2, 0.25) is 11.8 Å². The predicted molar refractivity (Wildman–Crippen MR) is 66.9 cm³/mol. The molecule has 5 nitrogen and oxygen atoms in total. The van der Waals surface area contributed by atoms with E-state index in [2.05, 4.69) is 5.32 Å². The maximum Gasteiger partial charge on any atom is 0.248 e. The van der Waals surface area contributed by atoms with Gasteiger partial charge in [-0.1, -0.05) is 0 Å². The van der Waals surface area contributed by atoms with E-state index >= 15 is 0 Å². The topological polar surface area (TPSA) is 58.6 Å². The first-order valence-electron chi connectivity index (χ1n) is 6.59. The molecule has 2 amide bonds. The maximum atomic E-state index is 12.2. The zero-order chi connectivity index (χ0) is 13.3. The lowest BCUT2D eigenvalue weighted by Crippen LogP contribution is -2.50. The first kappa shape index (κ1) is 13.3. The maximum absolute atomic E-state index is 12.2. The predicted octanol–water partition coefficient (Wildman–Crippen LogP) is 0.539. The van der Waals surface area contributed by atoms with Gasteiger partial charge in [-0.05, 0) is 33.6 Å². The Morgan fingerprint density at radius 1 is 1.50 bits per heavy atom. The second-order valence-electron chi connectivity index (χ2n) is 6.05. The third kappa shape index (κ3) is 2.83. The Bertz CT molecular complexity index is 349. The number of nitrogens with zero attached hydrogens (tertiary/aromatic N) is 1. The van der Waals surface area contributed by atoms with Crippen molar-refractivity contribution in [3.8, 4) is 0 Å². The molecule has 2 heterocycles. The highest BCUT2D eigenvalue weighted by Gasteiger charge is 2.42. The first-order chi connectivity index (χ1) is 8.38. The second-order valence-corrected chi connectivity index (χ2v) is 6.05. The Labute approximate surface area is 108 Å². The van der Waals surface area contributed by atoms with Crippen LogP contribution in [0.1, 0.15) is 33.6 Å². The average Bonchev–Trinajstić information content (AvgIpc) is 2.67. The number of ether oxygens (including phenoxy) is 1. The van der Waals surface area contributed by atoms with Crippen LogP contribution in [0.4, 0.5) is 0 Å². The van der Waals surface area contributed by atoms with Crippen molar-refractivity contribution in [2.75, 3.05) is 19.7 Å². The van der Waals surface area contributed by atoms with E-state index in [0.29, 0.717) is 6.54 Å². The summed E-state index contributed by atoms with van der Waals surface area (Å²) in [5.74, 6) is 0.0719. The van der Waals surface area contributed by atoms with Gasteiger partial charge in [0.15, 0.2) is 0 Å². The molecule has 5 heteroatoms. The molecule has 2 atom stereocenters. The Morgan fingerprint density at radius 2 is 2.22 bits per heavy atom. The lowest BCUT2D eigenvalue weighted by atomic mass is 9.91.